The van der Waals surface area contributed by atoms with Crippen LogP contribution in [0.25, 0.3) is 0 Å². The molecule has 0 saturated carbocycles. The molecule has 0 aliphatic rings. The zero-order valence-electron chi connectivity index (χ0n) is 10.9. The van der Waals surface area contributed by atoms with Crippen molar-refractivity contribution in [1.82, 2.24) is 0 Å². The molecule has 1 aromatic rings. The molecule has 0 aliphatic heterocycles. The molecule has 4 N–H and O–H groups in total. The van der Waals surface area contributed by atoms with Gasteiger partial charge in [0.2, 0.25) is 11.7 Å². The van der Waals surface area contributed by atoms with Crippen molar-refractivity contribution in [2.45, 2.75) is 0 Å². The molecular weight excluding hydrogens is 272 g/mol. The molecule has 0 atom stereocenters. The molecule has 1 rings (SSSR count). The zero-order valence-corrected chi connectivity index (χ0v) is 11.7. The molecule has 1 aromatic carbocycles. The monoisotopic (exact) mass is 288 g/mol. The summed E-state index contributed by atoms with van der Waals surface area (Å²) in [6.45, 7) is 0. The third-order valence-corrected chi connectivity index (χ3v) is 2.07. The van der Waals surface area contributed by atoms with Gasteiger partial charge in [-0.05, 0) is 12.1 Å². The highest BCUT2D eigenvalue weighted by atomic mass is 35.5. The van der Waals surface area contributed by atoms with Crippen LogP contribution < -0.4 is 25.7 Å². The first-order valence-electron chi connectivity index (χ1n) is 5.04. The predicted octanol–water partition coefficient (Wildman–Crippen LogP) is 0.742. The molecule has 8 heteroatoms. The largest absolute Gasteiger partial charge is 0.493 e. The maximum absolute atomic E-state index is 5.19. The van der Waals surface area contributed by atoms with Gasteiger partial charge in [-0.2, -0.15) is 5.10 Å². The number of guanidine groups is 1. The van der Waals surface area contributed by atoms with Crippen LogP contribution in [0.4, 0.5) is 0 Å². The Morgan fingerprint density at radius 3 is 1.95 bits per heavy atom. The van der Waals surface area contributed by atoms with Gasteiger partial charge in [0.05, 0.1) is 27.5 Å². The third kappa shape index (κ3) is 4.55. The molecule has 19 heavy (non-hydrogen) atoms. The lowest BCUT2D eigenvalue weighted by atomic mass is 10.2. The number of halogens is 1. The first-order valence-corrected chi connectivity index (χ1v) is 5.04. The maximum Gasteiger partial charge on any atom is 0.211 e. The van der Waals surface area contributed by atoms with E-state index in [0.717, 1.165) is 5.56 Å². The standard InChI is InChI=1S/C11H16N4O3.ClH/c1-16-8-4-7(6-14-15-11(12)13)5-9(17-2)10(8)18-3;/h4-6H,1-3H3,(H4,12,13,15);1H. The topological polar surface area (TPSA) is 104 Å². The van der Waals surface area contributed by atoms with E-state index < -0.39 is 0 Å². The summed E-state index contributed by atoms with van der Waals surface area (Å²) in [7, 11) is 4.61. The van der Waals surface area contributed by atoms with Crippen LogP contribution in [-0.2, 0) is 0 Å². The predicted molar refractivity (Wildman–Crippen MR) is 76.7 cm³/mol. The summed E-state index contributed by atoms with van der Waals surface area (Å²) >= 11 is 0. The molecule has 0 bridgehead atoms. The Bertz CT molecular complexity index is 448. The van der Waals surface area contributed by atoms with Gasteiger partial charge in [-0.3, -0.25) is 0 Å². The second-order valence-corrected chi connectivity index (χ2v) is 3.23. The van der Waals surface area contributed by atoms with Gasteiger partial charge < -0.3 is 25.7 Å². The minimum absolute atomic E-state index is 0. The van der Waals surface area contributed by atoms with Crippen LogP contribution in [0.2, 0.25) is 0 Å². The van der Waals surface area contributed by atoms with Gasteiger partial charge in [0.15, 0.2) is 11.5 Å². The second-order valence-electron chi connectivity index (χ2n) is 3.23. The average Bonchev–Trinajstić information content (AvgIpc) is 2.36. The minimum Gasteiger partial charge on any atom is -0.493 e. The van der Waals surface area contributed by atoms with E-state index in [4.69, 9.17) is 25.7 Å². The lowest BCUT2D eigenvalue weighted by Gasteiger charge is -2.12. The molecule has 0 aliphatic carbocycles. The second kappa shape index (κ2) is 8.04. The number of nitrogens with two attached hydrogens (primary N) is 2. The smallest absolute Gasteiger partial charge is 0.211 e. The summed E-state index contributed by atoms with van der Waals surface area (Å²) in [4.78, 5) is 0. The lowest BCUT2D eigenvalue weighted by Crippen LogP contribution is -2.21. The van der Waals surface area contributed by atoms with Crippen molar-refractivity contribution in [1.29, 1.82) is 0 Å². The van der Waals surface area contributed by atoms with Crippen LogP contribution in [0, 0.1) is 0 Å². The molecule has 7 nitrogen and oxygen atoms in total. The van der Waals surface area contributed by atoms with E-state index in [1.807, 2.05) is 0 Å². The van der Waals surface area contributed by atoms with E-state index in [-0.39, 0.29) is 18.4 Å². The number of nitrogens with zero attached hydrogens (tertiary/aromatic N) is 2. The van der Waals surface area contributed by atoms with Crippen molar-refractivity contribution >= 4 is 24.6 Å². The lowest BCUT2D eigenvalue weighted by molar-refractivity contribution is 0.324. The van der Waals surface area contributed by atoms with E-state index >= 15 is 0 Å². The Morgan fingerprint density at radius 1 is 1.05 bits per heavy atom. The summed E-state index contributed by atoms with van der Waals surface area (Å²) in [6, 6.07) is 3.46. The minimum atomic E-state index is -0.112. The number of hydrogen-bond acceptors (Lipinski definition) is 5. The highest BCUT2D eigenvalue weighted by Crippen LogP contribution is 2.37. The first kappa shape index (κ1) is 16.9. The average molecular weight is 289 g/mol. The van der Waals surface area contributed by atoms with Crippen molar-refractivity contribution < 1.29 is 14.2 Å². The van der Waals surface area contributed by atoms with Gasteiger partial charge in [-0.15, -0.1) is 17.5 Å². The van der Waals surface area contributed by atoms with E-state index in [1.165, 1.54) is 27.5 Å². The van der Waals surface area contributed by atoms with E-state index in [2.05, 4.69) is 10.2 Å². The van der Waals surface area contributed by atoms with E-state index in [1.54, 1.807) is 12.1 Å². The molecule has 0 amide bonds. The van der Waals surface area contributed by atoms with Gasteiger partial charge in [0.1, 0.15) is 0 Å². The molecule has 0 unspecified atom stereocenters. The maximum atomic E-state index is 5.19. The van der Waals surface area contributed by atoms with Crippen LogP contribution in [0.3, 0.4) is 0 Å². The summed E-state index contributed by atoms with van der Waals surface area (Å²) in [5.74, 6) is 1.46. The fraction of sp³-hybridized carbons (Fsp3) is 0.273. The Morgan fingerprint density at radius 2 is 1.58 bits per heavy atom. The number of methoxy groups -OCH3 is 3. The van der Waals surface area contributed by atoms with Crippen molar-refractivity contribution in [2.75, 3.05) is 21.3 Å². The Hall–Kier alpha value is -2.15. The number of ether oxygens (including phenoxy) is 3. The van der Waals surface area contributed by atoms with Gasteiger partial charge in [0, 0.05) is 5.56 Å². The summed E-state index contributed by atoms with van der Waals surface area (Å²) in [5, 5.41) is 7.21. The highest BCUT2D eigenvalue weighted by molar-refractivity contribution is 5.85. The fourth-order valence-electron chi connectivity index (χ4n) is 1.34. The van der Waals surface area contributed by atoms with Crippen molar-refractivity contribution in [3.05, 3.63) is 17.7 Å². The van der Waals surface area contributed by atoms with Gasteiger partial charge in [-0.1, -0.05) is 0 Å². The van der Waals surface area contributed by atoms with E-state index in [0.29, 0.717) is 17.2 Å². The summed E-state index contributed by atoms with van der Waals surface area (Å²) in [5.41, 5.74) is 11.0. The van der Waals surface area contributed by atoms with Crippen molar-refractivity contribution in [2.24, 2.45) is 21.7 Å². The number of hydrogen-bond donors (Lipinski definition) is 2. The Kier molecular flexibility index (Phi) is 7.13. The molecule has 0 spiro atoms. The fourth-order valence-corrected chi connectivity index (χ4v) is 1.34. The van der Waals surface area contributed by atoms with Gasteiger partial charge >= 0.3 is 0 Å². The van der Waals surface area contributed by atoms with Crippen LogP contribution in [0.15, 0.2) is 22.3 Å². The van der Waals surface area contributed by atoms with Crippen LogP contribution >= 0.6 is 12.4 Å². The quantitative estimate of drug-likeness (QED) is 0.472. The first-order chi connectivity index (χ1) is 8.62. The molecule has 0 fully saturated rings. The number of rotatable bonds is 5. The Labute approximate surface area is 117 Å². The Balaban J connectivity index is 0.00000324. The molecular formula is C11H17ClN4O3. The van der Waals surface area contributed by atoms with Gasteiger partial charge in [0.25, 0.3) is 0 Å². The normalized spacial score (nSPS) is 9.63. The zero-order chi connectivity index (χ0) is 13.5. The molecule has 0 heterocycles. The highest BCUT2D eigenvalue weighted by Gasteiger charge is 2.12. The van der Waals surface area contributed by atoms with Crippen LogP contribution in [-0.4, -0.2) is 33.5 Å². The summed E-state index contributed by atoms with van der Waals surface area (Å²) in [6.07, 6.45) is 1.48. The van der Waals surface area contributed by atoms with Crippen molar-refractivity contribution in [3.63, 3.8) is 0 Å². The summed E-state index contributed by atoms with van der Waals surface area (Å²) < 4.78 is 15.6. The van der Waals surface area contributed by atoms with E-state index in [9.17, 15) is 0 Å². The van der Waals surface area contributed by atoms with Crippen molar-refractivity contribution in [3.8, 4) is 17.2 Å². The molecule has 106 valence electrons. The van der Waals surface area contributed by atoms with Crippen LogP contribution in [0.1, 0.15) is 5.56 Å². The van der Waals surface area contributed by atoms with Crippen LogP contribution in [0.5, 0.6) is 17.2 Å². The number of benzene rings is 1. The molecule has 0 saturated heterocycles. The molecule has 0 aromatic heterocycles. The van der Waals surface area contributed by atoms with Gasteiger partial charge in [-0.25, -0.2) is 0 Å². The SMILES string of the molecule is COc1cc(C=NN=C(N)N)cc(OC)c1OC.Cl. The molecule has 0 radical (unpaired) electrons. The third-order valence-electron chi connectivity index (χ3n) is 2.07.